The Morgan fingerprint density at radius 1 is 1.60 bits per heavy atom. The molecular formula is C11H20N2O2. The second kappa shape index (κ2) is 4.10. The number of carbonyl (C=O) groups excluding carboxylic acids is 1. The van der Waals surface area contributed by atoms with E-state index in [2.05, 4.69) is 9.64 Å². The molecule has 0 aromatic heterocycles. The maximum Gasteiger partial charge on any atom is 0.305 e. The largest absolute Gasteiger partial charge is 0.469 e. The summed E-state index contributed by atoms with van der Waals surface area (Å²) in [5.41, 5.74) is 6.54. The Balaban J connectivity index is 1.67. The van der Waals surface area contributed by atoms with E-state index >= 15 is 0 Å². The first-order valence-electron chi connectivity index (χ1n) is 5.71. The summed E-state index contributed by atoms with van der Waals surface area (Å²) in [5, 5.41) is 0. The molecule has 2 rings (SSSR count). The van der Waals surface area contributed by atoms with Crippen molar-refractivity contribution in [2.75, 3.05) is 26.7 Å². The van der Waals surface area contributed by atoms with Crippen molar-refractivity contribution in [1.82, 2.24) is 4.90 Å². The third-order valence-electron chi connectivity index (χ3n) is 3.76. The maximum atomic E-state index is 10.9. The summed E-state index contributed by atoms with van der Waals surface area (Å²) < 4.78 is 4.61. The average molecular weight is 212 g/mol. The molecule has 1 aliphatic carbocycles. The van der Waals surface area contributed by atoms with E-state index in [1.54, 1.807) is 0 Å². The van der Waals surface area contributed by atoms with Gasteiger partial charge in [-0.15, -0.1) is 0 Å². The molecule has 1 heterocycles. The van der Waals surface area contributed by atoms with Gasteiger partial charge in [-0.05, 0) is 31.2 Å². The van der Waals surface area contributed by atoms with Crippen LogP contribution >= 0.6 is 0 Å². The molecule has 0 bridgehead atoms. The van der Waals surface area contributed by atoms with Crippen LogP contribution in [0.15, 0.2) is 0 Å². The summed E-state index contributed by atoms with van der Waals surface area (Å²) in [4.78, 5) is 13.3. The highest BCUT2D eigenvalue weighted by Crippen LogP contribution is 2.51. The number of ether oxygens (including phenoxy) is 1. The van der Waals surface area contributed by atoms with E-state index < -0.39 is 0 Å². The van der Waals surface area contributed by atoms with E-state index in [1.165, 1.54) is 20.0 Å². The second-order valence-corrected chi connectivity index (χ2v) is 4.88. The summed E-state index contributed by atoms with van der Waals surface area (Å²) in [5.74, 6) is -0.111. The van der Waals surface area contributed by atoms with Crippen molar-refractivity contribution in [2.24, 2.45) is 11.1 Å². The van der Waals surface area contributed by atoms with Gasteiger partial charge in [-0.1, -0.05) is 0 Å². The van der Waals surface area contributed by atoms with Crippen LogP contribution in [-0.4, -0.2) is 43.7 Å². The molecule has 1 saturated heterocycles. The van der Waals surface area contributed by atoms with Crippen LogP contribution in [0.5, 0.6) is 0 Å². The van der Waals surface area contributed by atoms with E-state index in [-0.39, 0.29) is 5.97 Å². The molecule has 1 atom stereocenters. The average Bonchev–Trinajstić information content (AvgIpc) is 2.91. The zero-order valence-electron chi connectivity index (χ0n) is 9.37. The zero-order chi connectivity index (χ0) is 10.9. The molecule has 1 aliphatic heterocycles. The molecule has 2 fully saturated rings. The van der Waals surface area contributed by atoms with Crippen molar-refractivity contribution >= 4 is 5.97 Å². The molecule has 0 aromatic carbocycles. The van der Waals surface area contributed by atoms with Crippen LogP contribution in [0.2, 0.25) is 0 Å². The fourth-order valence-corrected chi connectivity index (χ4v) is 2.51. The summed E-state index contributed by atoms with van der Waals surface area (Å²) in [6, 6.07) is 0.357. The van der Waals surface area contributed by atoms with Gasteiger partial charge in [-0.25, -0.2) is 0 Å². The van der Waals surface area contributed by atoms with Gasteiger partial charge in [-0.3, -0.25) is 4.79 Å². The lowest BCUT2D eigenvalue weighted by Crippen LogP contribution is -2.30. The Labute approximate surface area is 90.8 Å². The predicted molar refractivity (Wildman–Crippen MR) is 57.3 cm³/mol. The zero-order valence-corrected chi connectivity index (χ0v) is 9.37. The predicted octanol–water partition coefficient (Wildman–Crippen LogP) is 0.363. The van der Waals surface area contributed by atoms with Gasteiger partial charge in [0, 0.05) is 25.6 Å². The highest BCUT2D eigenvalue weighted by molar-refractivity contribution is 5.69. The van der Waals surface area contributed by atoms with E-state index in [0.29, 0.717) is 17.9 Å². The topological polar surface area (TPSA) is 55.6 Å². The molecule has 0 amide bonds. The lowest BCUT2D eigenvalue weighted by atomic mass is 10.0. The van der Waals surface area contributed by atoms with Gasteiger partial charge in [0.2, 0.25) is 0 Å². The molecule has 4 nitrogen and oxygen atoms in total. The molecule has 1 saturated carbocycles. The molecule has 0 aromatic rings. The monoisotopic (exact) mass is 212 g/mol. The van der Waals surface area contributed by atoms with Crippen LogP contribution in [0.25, 0.3) is 0 Å². The van der Waals surface area contributed by atoms with Crippen LogP contribution < -0.4 is 5.73 Å². The Bertz CT molecular complexity index is 251. The first-order valence-corrected chi connectivity index (χ1v) is 5.71. The van der Waals surface area contributed by atoms with Crippen LogP contribution in [0.3, 0.4) is 0 Å². The number of esters is 1. The lowest BCUT2D eigenvalue weighted by molar-refractivity contribution is -0.140. The number of methoxy groups -OCH3 is 1. The number of nitrogens with zero attached hydrogens (tertiary/aromatic N) is 1. The van der Waals surface area contributed by atoms with Gasteiger partial charge in [0.25, 0.3) is 0 Å². The van der Waals surface area contributed by atoms with Crippen LogP contribution in [0.1, 0.15) is 25.7 Å². The minimum atomic E-state index is -0.111. The fourth-order valence-electron chi connectivity index (χ4n) is 2.51. The Morgan fingerprint density at radius 2 is 2.33 bits per heavy atom. The molecule has 0 unspecified atom stereocenters. The Morgan fingerprint density at radius 3 is 2.87 bits per heavy atom. The van der Waals surface area contributed by atoms with Crippen molar-refractivity contribution in [3.05, 3.63) is 0 Å². The molecular weight excluding hydrogens is 192 g/mol. The van der Waals surface area contributed by atoms with Crippen molar-refractivity contribution in [3.63, 3.8) is 0 Å². The number of carbonyl (C=O) groups is 1. The van der Waals surface area contributed by atoms with Gasteiger partial charge in [0.05, 0.1) is 7.11 Å². The number of hydrogen-bond acceptors (Lipinski definition) is 4. The first-order chi connectivity index (χ1) is 7.16. The number of likely N-dealkylation sites (tertiary alicyclic amines) is 1. The van der Waals surface area contributed by atoms with Crippen LogP contribution in [0, 0.1) is 5.41 Å². The van der Waals surface area contributed by atoms with Gasteiger partial charge in [0.1, 0.15) is 0 Å². The third-order valence-corrected chi connectivity index (χ3v) is 3.76. The van der Waals surface area contributed by atoms with E-state index in [1.807, 2.05) is 0 Å². The highest BCUT2D eigenvalue weighted by atomic mass is 16.5. The minimum absolute atomic E-state index is 0.111. The van der Waals surface area contributed by atoms with Gasteiger partial charge in [-0.2, -0.15) is 0 Å². The Hall–Kier alpha value is -0.610. The molecule has 0 radical (unpaired) electrons. The summed E-state index contributed by atoms with van der Waals surface area (Å²) in [6.07, 6.45) is 3.99. The smallest absolute Gasteiger partial charge is 0.305 e. The van der Waals surface area contributed by atoms with Crippen molar-refractivity contribution < 1.29 is 9.53 Å². The molecule has 86 valence electrons. The molecule has 2 aliphatic rings. The summed E-state index contributed by atoms with van der Waals surface area (Å²) >= 11 is 0. The van der Waals surface area contributed by atoms with Gasteiger partial charge in [0.15, 0.2) is 0 Å². The fraction of sp³-hybridized carbons (Fsp3) is 0.909. The summed E-state index contributed by atoms with van der Waals surface area (Å²) in [6.45, 7) is 3.11. The third kappa shape index (κ3) is 2.32. The SMILES string of the molecule is COC(=O)CCCN1C[C@H](N)C2(CC2)C1. The summed E-state index contributed by atoms with van der Waals surface area (Å²) in [7, 11) is 1.44. The van der Waals surface area contributed by atoms with Gasteiger partial charge < -0.3 is 15.4 Å². The van der Waals surface area contributed by atoms with Gasteiger partial charge >= 0.3 is 5.97 Å². The molecule has 2 N–H and O–H groups in total. The standard InChI is InChI=1S/C11H20N2O2/c1-15-10(14)3-2-6-13-7-9(12)11(8-13)4-5-11/h9H,2-8,12H2,1H3/t9-/m0/s1. The highest BCUT2D eigenvalue weighted by Gasteiger charge is 2.53. The normalized spacial score (nSPS) is 28.3. The van der Waals surface area contributed by atoms with E-state index in [9.17, 15) is 4.79 Å². The number of hydrogen-bond donors (Lipinski definition) is 1. The van der Waals surface area contributed by atoms with Crippen molar-refractivity contribution in [3.8, 4) is 0 Å². The van der Waals surface area contributed by atoms with E-state index in [0.717, 1.165) is 26.1 Å². The maximum absolute atomic E-state index is 10.9. The molecule has 4 heteroatoms. The lowest BCUT2D eigenvalue weighted by Gasteiger charge is -2.14. The number of rotatable bonds is 4. The Kier molecular flexibility index (Phi) is 2.98. The quantitative estimate of drug-likeness (QED) is 0.684. The molecule has 1 spiro atoms. The minimum Gasteiger partial charge on any atom is -0.469 e. The molecule has 15 heavy (non-hydrogen) atoms. The van der Waals surface area contributed by atoms with E-state index in [4.69, 9.17) is 5.73 Å². The van der Waals surface area contributed by atoms with Crippen LogP contribution in [-0.2, 0) is 9.53 Å². The van der Waals surface area contributed by atoms with Crippen LogP contribution in [0.4, 0.5) is 0 Å². The second-order valence-electron chi connectivity index (χ2n) is 4.88. The number of nitrogens with two attached hydrogens (primary N) is 1. The van der Waals surface area contributed by atoms with Crippen molar-refractivity contribution in [2.45, 2.75) is 31.7 Å². The first kappa shape index (κ1) is 10.9. The van der Waals surface area contributed by atoms with Crippen molar-refractivity contribution in [1.29, 1.82) is 0 Å².